The molecule has 0 radical (unpaired) electrons. The number of rotatable bonds is 4. The van der Waals surface area contributed by atoms with E-state index in [4.69, 9.17) is 0 Å². The summed E-state index contributed by atoms with van der Waals surface area (Å²) in [5.41, 5.74) is -0.393. The monoisotopic (exact) mass is 415 g/mol. The summed E-state index contributed by atoms with van der Waals surface area (Å²) < 4.78 is 42.1. The van der Waals surface area contributed by atoms with Gasteiger partial charge in [0.2, 0.25) is 0 Å². The fourth-order valence-corrected chi connectivity index (χ4v) is 3.55. The number of alkyl halides is 3. The second-order valence-electron chi connectivity index (χ2n) is 7.06. The second kappa shape index (κ2) is 8.27. The SMILES string of the molecule is O=C(c1cnn(-c2ccccn2)c1C(F)(F)F)N1CCN(Cc2ccccc2)CC1. The van der Waals surface area contributed by atoms with Crippen molar-refractivity contribution in [3.63, 3.8) is 0 Å². The van der Waals surface area contributed by atoms with E-state index in [0.29, 0.717) is 30.9 Å². The Bertz CT molecular complexity index is 996. The zero-order valence-corrected chi connectivity index (χ0v) is 16.1. The summed E-state index contributed by atoms with van der Waals surface area (Å²) in [5, 5.41) is 3.82. The summed E-state index contributed by atoms with van der Waals surface area (Å²) in [5.74, 6) is -0.652. The van der Waals surface area contributed by atoms with Crippen molar-refractivity contribution in [1.29, 1.82) is 0 Å². The van der Waals surface area contributed by atoms with Gasteiger partial charge in [0.25, 0.3) is 5.91 Å². The number of aromatic nitrogens is 3. The van der Waals surface area contributed by atoms with Crippen LogP contribution in [0.4, 0.5) is 13.2 Å². The number of amides is 1. The fourth-order valence-electron chi connectivity index (χ4n) is 3.55. The number of benzene rings is 1. The van der Waals surface area contributed by atoms with Crippen LogP contribution in [0.15, 0.2) is 60.9 Å². The van der Waals surface area contributed by atoms with Crippen LogP contribution in [0.2, 0.25) is 0 Å². The van der Waals surface area contributed by atoms with E-state index < -0.39 is 23.3 Å². The summed E-state index contributed by atoms with van der Waals surface area (Å²) in [4.78, 5) is 20.5. The molecule has 0 saturated carbocycles. The van der Waals surface area contributed by atoms with Crippen molar-refractivity contribution in [2.24, 2.45) is 0 Å². The first-order valence-electron chi connectivity index (χ1n) is 9.55. The molecule has 1 amide bonds. The van der Waals surface area contributed by atoms with Gasteiger partial charge in [0.1, 0.15) is 0 Å². The Hall–Kier alpha value is -3.20. The van der Waals surface area contributed by atoms with Crippen LogP contribution in [0.25, 0.3) is 5.82 Å². The fraction of sp³-hybridized carbons (Fsp3) is 0.286. The minimum atomic E-state index is -4.74. The number of carbonyl (C=O) groups excluding carboxylic acids is 1. The normalized spacial score (nSPS) is 15.4. The van der Waals surface area contributed by atoms with Crippen LogP contribution < -0.4 is 0 Å². The van der Waals surface area contributed by atoms with Crippen molar-refractivity contribution in [3.8, 4) is 5.82 Å². The highest BCUT2D eigenvalue weighted by molar-refractivity contribution is 5.95. The molecule has 3 aromatic rings. The maximum absolute atomic E-state index is 13.8. The quantitative estimate of drug-likeness (QED) is 0.657. The van der Waals surface area contributed by atoms with E-state index in [1.807, 2.05) is 30.3 Å². The van der Waals surface area contributed by atoms with Gasteiger partial charge in [-0.2, -0.15) is 18.3 Å². The summed E-state index contributed by atoms with van der Waals surface area (Å²) in [6.45, 7) is 2.65. The largest absolute Gasteiger partial charge is 0.434 e. The van der Waals surface area contributed by atoms with Crippen LogP contribution in [0.5, 0.6) is 0 Å². The predicted octanol–water partition coefficient (Wildman–Crippen LogP) is 3.24. The lowest BCUT2D eigenvalue weighted by molar-refractivity contribution is -0.143. The van der Waals surface area contributed by atoms with E-state index in [1.54, 1.807) is 12.1 Å². The highest BCUT2D eigenvalue weighted by Gasteiger charge is 2.42. The number of hydrogen-bond donors (Lipinski definition) is 0. The molecule has 0 bridgehead atoms. The Labute approximate surface area is 171 Å². The number of carbonyl (C=O) groups is 1. The third-order valence-electron chi connectivity index (χ3n) is 5.04. The van der Waals surface area contributed by atoms with Gasteiger partial charge in [-0.25, -0.2) is 9.67 Å². The molecule has 2 aromatic heterocycles. The molecular weight excluding hydrogens is 395 g/mol. The number of halogens is 3. The van der Waals surface area contributed by atoms with Crippen molar-refractivity contribution in [3.05, 3.63) is 77.7 Å². The number of hydrogen-bond acceptors (Lipinski definition) is 4. The van der Waals surface area contributed by atoms with Crippen molar-refractivity contribution in [2.45, 2.75) is 12.7 Å². The first kappa shape index (κ1) is 20.1. The summed E-state index contributed by atoms with van der Waals surface area (Å²) in [6, 6.07) is 14.5. The van der Waals surface area contributed by atoms with Crippen molar-refractivity contribution >= 4 is 5.91 Å². The van der Waals surface area contributed by atoms with E-state index in [1.165, 1.54) is 17.2 Å². The average molecular weight is 415 g/mol. The predicted molar refractivity (Wildman–Crippen MR) is 104 cm³/mol. The third kappa shape index (κ3) is 4.20. The molecule has 1 fully saturated rings. The summed E-state index contributed by atoms with van der Waals surface area (Å²) in [7, 11) is 0. The molecule has 0 atom stereocenters. The molecule has 0 aliphatic carbocycles. The molecule has 1 aliphatic heterocycles. The van der Waals surface area contributed by atoms with Crippen LogP contribution in [0.1, 0.15) is 21.6 Å². The second-order valence-corrected chi connectivity index (χ2v) is 7.06. The number of pyridine rings is 1. The maximum atomic E-state index is 13.8. The standard InChI is InChI=1S/C21H20F3N5O/c22-21(23,24)19-17(14-26-29(19)18-8-4-5-9-25-18)20(30)28-12-10-27(11-13-28)15-16-6-2-1-3-7-16/h1-9,14H,10-13,15H2. The van der Waals surface area contributed by atoms with Gasteiger partial charge in [-0.1, -0.05) is 36.4 Å². The lowest BCUT2D eigenvalue weighted by Gasteiger charge is -2.34. The molecule has 3 heterocycles. The molecule has 0 N–H and O–H groups in total. The lowest BCUT2D eigenvalue weighted by Crippen LogP contribution is -2.48. The van der Waals surface area contributed by atoms with Crippen LogP contribution in [0, 0.1) is 0 Å². The molecule has 6 nitrogen and oxygen atoms in total. The Balaban J connectivity index is 1.51. The summed E-state index contributed by atoms with van der Waals surface area (Å²) in [6.07, 6.45) is -2.38. The molecule has 1 aromatic carbocycles. The van der Waals surface area contributed by atoms with E-state index >= 15 is 0 Å². The first-order valence-corrected chi connectivity index (χ1v) is 9.55. The molecule has 1 saturated heterocycles. The zero-order valence-electron chi connectivity index (χ0n) is 16.1. The molecule has 0 unspecified atom stereocenters. The molecular formula is C21H20F3N5O. The Morgan fingerprint density at radius 1 is 0.967 bits per heavy atom. The highest BCUT2D eigenvalue weighted by atomic mass is 19.4. The lowest BCUT2D eigenvalue weighted by atomic mass is 10.1. The highest BCUT2D eigenvalue weighted by Crippen LogP contribution is 2.34. The molecule has 156 valence electrons. The van der Waals surface area contributed by atoms with E-state index in [2.05, 4.69) is 15.0 Å². The number of nitrogens with zero attached hydrogens (tertiary/aromatic N) is 5. The van der Waals surface area contributed by atoms with Gasteiger partial charge in [-0.15, -0.1) is 0 Å². The maximum Gasteiger partial charge on any atom is 0.434 e. The minimum Gasteiger partial charge on any atom is -0.336 e. The summed E-state index contributed by atoms with van der Waals surface area (Å²) >= 11 is 0. The molecule has 9 heteroatoms. The molecule has 4 rings (SSSR count). The van der Waals surface area contributed by atoms with Gasteiger partial charge in [0, 0.05) is 38.9 Å². The molecule has 1 aliphatic rings. The van der Waals surface area contributed by atoms with Gasteiger partial charge < -0.3 is 4.90 Å². The van der Waals surface area contributed by atoms with Crippen LogP contribution in [-0.4, -0.2) is 56.7 Å². The Kier molecular flexibility index (Phi) is 5.54. The average Bonchev–Trinajstić information content (AvgIpc) is 3.21. The molecule has 0 spiro atoms. The van der Waals surface area contributed by atoms with E-state index in [-0.39, 0.29) is 5.82 Å². The van der Waals surface area contributed by atoms with Gasteiger partial charge in [-0.3, -0.25) is 9.69 Å². The zero-order chi connectivity index (χ0) is 21.1. The van der Waals surface area contributed by atoms with E-state index in [0.717, 1.165) is 18.3 Å². The van der Waals surface area contributed by atoms with Crippen molar-refractivity contribution in [1.82, 2.24) is 24.6 Å². The first-order chi connectivity index (χ1) is 14.4. The Morgan fingerprint density at radius 3 is 2.30 bits per heavy atom. The molecule has 30 heavy (non-hydrogen) atoms. The smallest absolute Gasteiger partial charge is 0.336 e. The Morgan fingerprint density at radius 2 is 1.67 bits per heavy atom. The van der Waals surface area contributed by atoms with Gasteiger partial charge >= 0.3 is 6.18 Å². The van der Waals surface area contributed by atoms with Gasteiger partial charge in [0.05, 0.1) is 11.8 Å². The van der Waals surface area contributed by atoms with Crippen LogP contribution in [0.3, 0.4) is 0 Å². The third-order valence-corrected chi connectivity index (χ3v) is 5.04. The van der Waals surface area contributed by atoms with Crippen molar-refractivity contribution in [2.75, 3.05) is 26.2 Å². The van der Waals surface area contributed by atoms with Crippen molar-refractivity contribution < 1.29 is 18.0 Å². The minimum absolute atomic E-state index is 0.0107. The van der Waals surface area contributed by atoms with Crippen LogP contribution >= 0.6 is 0 Å². The topological polar surface area (TPSA) is 54.3 Å². The van der Waals surface area contributed by atoms with Gasteiger partial charge in [-0.05, 0) is 17.7 Å². The van der Waals surface area contributed by atoms with Gasteiger partial charge in [0.15, 0.2) is 11.5 Å². The van der Waals surface area contributed by atoms with Crippen LogP contribution in [-0.2, 0) is 12.7 Å². The van der Waals surface area contributed by atoms with E-state index in [9.17, 15) is 18.0 Å². The number of piperazine rings is 1.